The Hall–Kier alpha value is -4.81. The van der Waals surface area contributed by atoms with Crippen molar-refractivity contribution in [3.05, 3.63) is 77.9 Å². The van der Waals surface area contributed by atoms with Crippen LogP contribution in [0.1, 0.15) is 56.0 Å². The molecule has 2 aliphatic heterocycles. The number of nitrogens with zero attached hydrogens (tertiary/aromatic N) is 2. The van der Waals surface area contributed by atoms with Crippen molar-refractivity contribution in [2.75, 3.05) is 50.8 Å². The van der Waals surface area contributed by atoms with Crippen LogP contribution in [0.25, 0.3) is 0 Å². The fourth-order valence-corrected chi connectivity index (χ4v) is 6.01. The molecule has 0 saturated carbocycles. The zero-order valence-electron chi connectivity index (χ0n) is 29.2. The van der Waals surface area contributed by atoms with Crippen molar-refractivity contribution in [1.82, 2.24) is 9.80 Å². The van der Waals surface area contributed by atoms with Crippen molar-refractivity contribution in [3.63, 3.8) is 0 Å². The number of likely N-dealkylation sites (N-methyl/N-ethyl adjacent to an activating group) is 1. The van der Waals surface area contributed by atoms with Crippen LogP contribution < -0.4 is 24.8 Å². The third kappa shape index (κ3) is 9.66. The van der Waals surface area contributed by atoms with E-state index in [1.165, 1.54) is 0 Å². The number of benzene rings is 3. The van der Waals surface area contributed by atoms with Gasteiger partial charge in [-0.3, -0.25) is 9.59 Å². The maximum absolute atomic E-state index is 14.4. The van der Waals surface area contributed by atoms with Gasteiger partial charge in [-0.25, -0.2) is 4.79 Å². The minimum Gasteiger partial charge on any atom is -0.490 e. The Bertz CT molecular complexity index is 1620. The Labute approximate surface area is 293 Å². The van der Waals surface area contributed by atoms with Crippen LogP contribution >= 0.6 is 0 Å². The highest BCUT2D eigenvalue weighted by Crippen LogP contribution is 2.34. The molecule has 2 heterocycles. The Morgan fingerprint density at radius 2 is 1.66 bits per heavy atom. The summed E-state index contributed by atoms with van der Waals surface area (Å²) in [5.74, 6) is 0.960. The largest absolute Gasteiger partial charge is 0.490 e. The third-order valence-corrected chi connectivity index (χ3v) is 9.02. The van der Waals surface area contributed by atoms with E-state index in [1.54, 1.807) is 60.2 Å². The lowest BCUT2D eigenvalue weighted by Crippen LogP contribution is -2.48. The molecule has 3 aromatic carbocycles. The van der Waals surface area contributed by atoms with Crippen LogP contribution in [0.2, 0.25) is 0 Å². The van der Waals surface area contributed by atoms with E-state index >= 15 is 0 Å². The van der Waals surface area contributed by atoms with E-state index in [2.05, 4.69) is 10.6 Å². The number of rotatable bonds is 8. The van der Waals surface area contributed by atoms with E-state index in [4.69, 9.17) is 18.9 Å². The number of carbonyl (C=O) groups excluding carboxylic acids is 3. The molecule has 5 rings (SSSR count). The van der Waals surface area contributed by atoms with E-state index in [0.717, 1.165) is 24.8 Å². The summed E-state index contributed by atoms with van der Waals surface area (Å²) in [6, 6.07) is 18.7. The van der Waals surface area contributed by atoms with Crippen molar-refractivity contribution in [3.8, 4) is 17.2 Å². The Morgan fingerprint density at radius 3 is 2.40 bits per heavy atom. The molecule has 0 spiro atoms. The van der Waals surface area contributed by atoms with Crippen molar-refractivity contribution in [1.29, 1.82) is 0 Å². The first kappa shape index (κ1) is 36.5. The van der Waals surface area contributed by atoms with Crippen LogP contribution in [-0.2, 0) is 16.0 Å². The number of fused-ring (bicyclic) bond motifs is 2. The van der Waals surface area contributed by atoms with Gasteiger partial charge >= 0.3 is 6.03 Å². The fraction of sp³-hybridized carbons (Fsp3) is 0.447. The molecule has 4 amide bonds. The quantitative estimate of drug-likeness (QED) is 0.280. The third-order valence-electron chi connectivity index (χ3n) is 9.02. The van der Waals surface area contributed by atoms with Gasteiger partial charge < -0.3 is 44.5 Å². The van der Waals surface area contributed by atoms with Crippen LogP contribution in [-0.4, -0.2) is 91.1 Å². The maximum atomic E-state index is 14.4. The molecule has 0 radical (unpaired) electrons. The molecule has 0 aliphatic carbocycles. The smallest absolute Gasteiger partial charge is 0.323 e. The van der Waals surface area contributed by atoms with Crippen LogP contribution in [0, 0.1) is 5.92 Å². The summed E-state index contributed by atoms with van der Waals surface area (Å²) in [6.45, 7) is 6.70. The molecule has 268 valence electrons. The van der Waals surface area contributed by atoms with E-state index in [-0.39, 0.29) is 61.9 Å². The van der Waals surface area contributed by atoms with E-state index in [1.807, 2.05) is 44.2 Å². The molecule has 4 atom stereocenters. The number of anilines is 2. The Balaban J connectivity index is 1.36. The highest BCUT2D eigenvalue weighted by molar-refractivity contribution is 6.02. The molecule has 3 aromatic rings. The van der Waals surface area contributed by atoms with Gasteiger partial charge in [-0.15, -0.1) is 0 Å². The van der Waals surface area contributed by atoms with Gasteiger partial charge in [0.1, 0.15) is 5.75 Å². The molecular formula is C38H48N4O8. The molecular weight excluding hydrogens is 640 g/mol. The van der Waals surface area contributed by atoms with Gasteiger partial charge in [0.25, 0.3) is 5.91 Å². The maximum Gasteiger partial charge on any atom is 0.323 e. The van der Waals surface area contributed by atoms with Gasteiger partial charge in [-0.1, -0.05) is 37.3 Å². The van der Waals surface area contributed by atoms with E-state index in [9.17, 15) is 19.5 Å². The number of hydrogen-bond donors (Lipinski definition) is 3. The van der Waals surface area contributed by atoms with Crippen LogP contribution in [0.4, 0.5) is 16.2 Å². The van der Waals surface area contributed by atoms with Crippen LogP contribution in [0.3, 0.4) is 0 Å². The number of carbonyl (C=O) groups is 3. The normalized spacial score (nSPS) is 20.1. The molecule has 0 bridgehead atoms. The van der Waals surface area contributed by atoms with Crippen LogP contribution in [0.5, 0.6) is 17.2 Å². The minimum absolute atomic E-state index is 0.0226. The minimum atomic E-state index is -0.535. The molecule has 3 N–H and O–H groups in total. The Morgan fingerprint density at radius 1 is 0.960 bits per heavy atom. The average molecular weight is 689 g/mol. The average Bonchev–Trinajstić information content (AvgIpc) is 3.58. The second-order valence-corrected chi connectivity index (χ2v) is 13.1. The van der Waals surface area contributed by atoms with E-state index < -0.39 is 12.1 Å². The van der Waals surface area contributed by atoms with Gasteiger partial charge in [0.05, 0.1) is 36.8 Å². The molecule has 50 heavy (non-hydrogen) atoms. The summed E-state index contributed by atoms with van der Waals surface area (Å²) in [7, 11) is 1.78. The standard InChI is InChI=1S/C38H48N4O8/c1-25-21-42(26(2)23-43)37(45)31-19-29(39-38(46)40-30-14-16-33-34(20-30)49-24-48-33)13-15-32(31)50-27(3)10-8-9-17-47-35(25)22-41(4)36(44)18-28-11-6-5-7-12-28/h5-7,11-16,19-20,25-27,35,43H,8-10,17-18,21-24H2,1-4H3,(H2,39,40,46)/t25-,26+,27-,35+/m0/s1. The molecule has 0 saturated heterocycles. The van der Waals surface area contributed by atoms with Crippen molar-refractivity contribution >= 4 is 29.2 Å². The first-order valence-electron chi connectivity index (χ1n) is 17.2. The van der Waals surface area contributed by atoms with E-state index in [0.29, 0.717) is 41.8 Å². The summed E-state index contributed by atoms with van der Waals surface area (Å²) >= 11 is 0. The molecule has 2 aliphatic rings. The summed E-state index contributed by atoms with van der Waals surface area (Å²) < 4.78 is 23.5. The number of urea groups is 1. The van der Waals surface area contributed by atoms with Crippen LogP contribution in [0.15, 0.2) is 66.7 Å². The number of hydrogen-bond acceptors (Lipinski definition) is 8. The number of aliphatic hydroxyl groups is 1. The van der Waals surface area contributed by atoms with Gasteiger partial charge in [0.15, 0.2) is 11.5 Å². The first-order chi connectivity index (χ1) is 24.1. The lowest BCUT2D eigenvalue weighted by molar-refractivity contribution is -0.131. The summed E-state index contributed by atoms with van der Waals surface area (Å²) in [5.41, 5.74) is 2.10. The first-order valence-corrected chi connectivity index (χ1v) is 17.2. The highest BCUT2D eigenvalue weighted by Gasteiger charge is 2.31. The van der Waals surface area contributed by atoms with Gasteiger partial charge in [-0.2, -0.15) is 0 Å². The number of ether oxygens (including phenoxy) is 4. The van der Waals surface area contributed by atoms with Gasteiger partial charge in [-0.05, 0) is 69.0 Å². The second-order valence-electron chi connectivity index (χ2n) is 13.1. The molecule has 12 nitrogen and oxygen atoms in total. The topological polar surface area (TPSA) is 139 Å². The monoisotopic (exact) mass is 688 g/mol. The SMILES string of the molecule is C[C@H](CO)N1C[C@H](C)[C@@H](CN(C)C(=O)Cc2ccccc2)OCCCC[C@H](C)Oc2ccc(NC(=O)Nc3ccc4c(c3)OCO4)cc2C1=O. The summed E-state index contributed by atoms with van der Waals surface area (Å²) in [5, 5.41) is 15.9. The molecule has 12 heteroatoms. The fourth-order valence-electron chi connectivity index (χ4n) is 6.01. The number of aliphatic hydroxyl groups excluding tert-OH is 1. The Kier molecular flexibility index (Phi) is 12.6. The number of amides is 4. The summed E-state index contributed by atoms with van der Waals surface area (Å²) in [4.78, 5) is 43.9. The zero-order chi connectivity index (χ0) is 35.6. The number of nitrogens with one attached hydrogen (secondary N) is 2. The predicted molar refractivity (Wildman–Crippen MR) is 190 cm³/mol. The van der Waals surface area contributed by atoms with Crippen molar-refractivity contribution in [2.24, 2.45) is 5.92 Å². The lowest BCUT2D eigenvalue weighted by atomic mass is 10.0. The second kappa shape index (κ2) is 17.2. The van der Waals surface area contributed by atoms with Crippen molar-refractivity contribution < 1.29 is 38.4 Å². The molecule has 0 aromatic heterocycles. The molecule has 0 unspecified atom stereocenters. The summed E-state index contributed by atoms with van der Waals surface area (Å²) in [6.07, 6.45) is 2.12. The van der Waals surface area contributed by atoms with Gasteiger partial charge in [0.2, 0.25) is 12.7 Å². The highest BCUT2D eigenvalue weighted by atomic mass is 16.7. The predicted octanol–water partition coefficient (Wildman–Crippen LogP) is 5.56. The van der Waals surface area contributed by atoms with Crippen molar-refractivity contribution in [2.45, 2.75) is 64.7 Å². The zero-order valence-corrected chi connectivity index (χ0v) is 29.2. The van der Waals surface area contributed by atoms with Gasteiger partial charge in [0, 0.05) is 50.1 Å². The molecule has 0 fully saturated rings. The lowest BCUT2D eigenvalue weighted by Gasteiger charge is -2.36.